The minimum Gasteiger partial charge on any atom is -0.496 e. The van der Waals surface area contributed by atoms with Crippen molar-refractivity contribution in [3.63, 3.8) is 0 Å². The quantitative estimate of drug-likeness (QED) is 0.929. The average molecular weight is 269 g/mol. The van der Waals surface area contributed by atoms with Gasteiger partial charge in [0.25, 0.3) is 0 Å². The van der Waals surface area contributed by atoms with Crippen LogP contribution < -0.4 is 10.5 Å². The summed E-state index contributed by atoms with van der Waals surface area (Å²) in [6.07, 6.45) is 2.04. The summed E-state index contributed by atoms with van der Waals surface area (Å²) in [7, 11) is 1.68. The van der Waals surface area contributed by atoms with E-state index in [1.807, 2.05) is 18.3 Å². The lowest BCUT2D eigenvalue weighted by Gasteiger charge is -2.04. The number of hydrogen-bond acceptors (Lipinski definition) is 2. The summed E-state index contributed by atoms with van der Waals surface area (Å²) >= 11 is 3.54. The van der Waals surface area contributed by atoms with Crippen molar-refractivity contribution in [3.8, 4) is 5.75 Å². The first-order chi connectivity index (χ1) is 7.27. The molecule has 0 aliphatic carbocycles. The molecule has 2 aromatic rings. The van der Waals surface area contributed by atoms with Gasteiger partial charge in [0.1, 0.15) is 5.75 Å². The Morgan fingerprint density at radius 3 is 2.93 bits per heavy atom. The number of fused-ring (bicyclic) bond motifs is 1. The number of halogens is 1. The second kappa shape index (κ2) is 4.24. The molecule has 0 spiro atoms. The van der Waals surface area contributed by atoms with E-state index in [4.69, 9.17) is 10.5 Å². The normalized spacial score (nSPS) is 10.9. The second-order valence-corrected chi connectivity index (χ2v) is 4.17. The van der Waals surface area contributed by atoms with Crippen LogP contribution >= 0.6 is 15.9 Å². The topological polar surface area (TPSA) is 40.2 Å². The van der Waals surface area contributed by atoms with Crippen LogP contribution in [0.1, 0.15) is 0 Å². The maximum atomic E-state index is 5.56. The highest BCUT2D eigenvalue weighted by atomic mass is 79.9. The third-order valence-electron chi connectivity index (χ3n) is 2.41. The number of hydrogen-bond donors (Lipinski definition) is 1. The van der Waals surface area contributed by atoms with E-state index >= 15 is 0 Å². The van der Waals surface area contributed by atoms with E-state index in [9.17, 15) is 0 Å². The highest BCUT2D eigenvalue weighted by Gasteiger charge is 2.10. The van der Waals surface area contributed by atoms with Crippen molar-refractivity contribution in [2.45, 2.75) is 6.54 Å². The molecule has 3 nitrogen and oxygen atoms in total. The van der Waals surface area contributed by atoms with E-state index < -0.39 is 0 Å². The van der Waals surface area contributed by atoms with Crippen LogP contribution in [-0.2, 0) is 6.54 Å². The third-order valence-corrected chi connectivity index (χ3v) is 3.01. The molecule has 1 aromatic heterocycles. The number of aromatic nitrogens is 1. The van der Waals surface area contributed by atoms with Crippen molar-refractivity contribution in [1.82, 2.24) is 4.57 Å². The van der Waals surface area contributed by atoms with Gasteiger partial charge in [0.15, 0.2) is 0 Å². The third kappa shape index (κ3) is 1.75. The van der Waals surface area contributed by atoms with Gasteiger partial charge in [0.05, 0.1) is 18.0 Å². The first-order valence-corrected chi connectivity index (χ1v) is 5.58. The molecule has 2 rings (SSSR count). The zero-order chi connectivity index (χ0) is 10.8. The number of ether oxygens (including phenoxy) is 1. The summed E-state index contributed by atoms with van der Waals surface area (Å²) in [5.41, 5.74) is 6.71. The predicted molar refractivity (Wildman–Crippen MR) is 65.2 cm³/mol. The number of methoxy groups -OCH3 is 1. The smallest absolute Gasteiger partial charge is 0.129 e. The molecular formula is C11H13BrN2O. The van der Waals surface area contributed by atoms with Crippen LogP contribution in [0.2, 0.25) is 0 Å². The molecule has 0 saturated heterocycles. The van der Waals surface area contributed by atoms with E-state index in [1.165, 1.54) is 0 Å². The fourth-order valence-electron chi connectivity index (χ4n) is 1.76. The van der Waals surface area contributed by atoms with Crippen molar-refractivity contribution >= 4 is 26.8 Å². The van der Waals surface area contributed by atoms with Crippen molar-refractivity contribution in [3.05, 3.63) is 28.9 Å². The van der Waals surface area contributed by atoms with Crippen molar-refractivity contribution in [2.24, 2.45) is 5.73 Å². The van der Waals surface area contributed by atoms with Gasteiger partial charge in [-0.2, -0.15) is 0 Å². The number of benzene rings is 1. The summed E-state index contributed by atoms with van der Waals surface area (Å²) in [6, 6.07) is 6.01. The van der Waals surface area contributed by atoms with Gasteiger partial charge in [-0.3, -0.25) is 0 Å². The summed E-state index contributed by atoms with van der Waals surface area (Å²) in [6.45, 7) is 1.45. The van der Waals surface area contributed by atoms with Crippen LogP contribution in [0.3, 0.4) is 0 Å². The van der Waals surface area contributed by atoms with Crippen LogP contribution in [0, 0.1) is 0 Å². The van der Waals surface area contributed by atoms with Gasteiger partial charge in [-0.1, -0.05) is 6.07 Å². The highest BCUT2D eigenvalue weighted by molar-refractivity contribution is 9.10. The lowest BCUT2D eigenvalue weighted by molar-refractivity contribution is 0.419. The van der Waals surface area contributed by atoms with E-state index in [2.05, 4.69) is 26.6 Å². The van der Waals surface area contributed by atoms with Crippen LogP contribution in [0.5, 0.6) is 5.75 Å². The summed E-state index contributed by atoms with van der Waals surface area (Å²) in [5.74, 6) is 0.884. The standard InChI is InChI=1S/C11H13BrN2O/c1-15-10-4-2-3-9-11(10)8(12)7-14(9)6-5-13/h2-4,7H,5-6,13H2,1H3. The molecule has 1 heterocycles. The Morgan fingerprint density at radius 2 is 2.27 bits per heavy atom. The zero-order valence-corrected chi connectivity index (χ0v) is 10.1. The number of nitrogens with zero attached hydrogens (tertiary/aromatic N) is 1. The van der Waals surface area contributed by atoms with Crippen LogP contribution in [0.25, 0.3) is 10.9 Å². The van der Waals surface area contributed by atoms with Gasteiger partial charge in [-0.05, 0) is 28.1 Å². The van der Waals surface area contributed by atoms with E-state index in [0.29, 0.717) is 6.54 Å². The lowest BCUT2D eigenvalue weighted by Crippen LogP contribution is -2.08. The Hall–Kier alpha value is -1.00. The molecule has 0 bridgehead atoms. The molecule has 0 aliphatic heterocycles. The highest BCUT2D eigenvalue weighted by Crippen LogP contribution is 2.33. The lowest BCUT2D eigenvalue weighted by atomic mass is 10.2. The Kier molecular flexibility index (Phi) is 2.98. The van der Waals surface area contributed by atoms with Gasteiger partial charge < -0.3 is 15.0 Å². The number of rotatable bonds is 3. The van der Waals surface area contributed by atoms with Gasteiger partial charge >= 0.3 is 0 Å². The SMILES string of the molecule is COc1cccc2c1c(Br)cn2CCN. The summed E-state index contributed by atoms with van der Waals surface area (Å²) in [5, 5.41) is 1.11. The van der Waals surface area contributed by atoms with Crippen LogP contribution in [0.15, 0.2) is 28.9 Å². The monoisotopic (exact) mass is 268 g/mol. The minimum absolute atomic E-state index is 0.632. The molecule has 1 aromatic carbocycles. The molecule has 0 saturated carbocycles. The Balaban J connectivity index is 2.68. The van der Waals surface area contributed by atoms with Crippen molar-refractivity contribution in [1.29, 1.82) is 0 Å². The van der Waals surface area contributed by atoms with Gasteiger partial charge in [0, 0.05) is 23.8 Å². The Bertz CT molecular complexity index is 479. The Morgan fingerprint density at radius 1 is 1.47 bits per heavy atom. The average Bonchev–Trinajstić information content (AvgIpc) is 2.57. The fourth-order valence-corrected chi connectivity index (χ4v) is 2.41. The molecule has 15 heavy (non-hydrogen) atoms. The van der Waals surface area contributed by atoms with Crippen LogP contribution in [-0.4, -0.2) is 18.2 Å². The minimum atomic E-state index is 0.632. The molecule has 4 heteroatoms. The molecule has 0 fully saturated rings. The zero-order valence-electron chi connectivity index (χ0n) is 8.53. The summed E-state index contributed by atoms with van der Waals surface area (Å²) < 4.78 is 8.50. The predicted octanol–water partition coefficient (Wildman–Crippen LogP) is 2.37. The molecule has 0 aliphatic rings. The molecule has 0 unspecified atom stereocenters. The molecule has 2 N–H and O–H groups in total. The van der Waals surface area contributed by atoms with Crippen molar-refractivity contribution in [2.75, 3.05) is 13.7 Å². The summed E-state index contributed by atoms with van der Waals surface area (Å²) in [4.78, 5) is 0. The molecule has 0 radical (unpaired) electrons. The van der Waals surface area contributed by atoms with E-state index in [-0.39, 0.29) is 0 Å². The maximum Gasteiger partial charge on any atom is 0.129 e. The fraction of sp³-hybridized carbons (Fsp3) is 0.273. The Labute approximate surface area is 96.9 Å². The van der Waals surface area contributed by atoms with Gasteiger partial charge in [-0.15, -0.1) is 0 Å². The second-order valence-electron chi connectivity index (χ2n) is 3.31. The molecule has 0 atom stereocenters. The van der Waals surface area contributed by atoms with Crippen molar-refractivity contribution < 1.29 is 4.74 Å². The first kappa shape index (κ1) is 10.5. The first-order valence-electron chi connectivity index (χ1n) is 4.79. The van der Waals surface area contributed by atoms with E-state index in [1.54, 1.807) is 7.11 Å². The molecular weight excluding hydrogens is 256 g/mol. The van der Waals surface area contributed by atoms with E-state index in [0.717, 1.165) is 27.7 Å². The van der Waals surface area contributed by atoms with Crippen LogP contribution in [0.4, 0.5) is 0 Å². The molecule has 0 amide bonds. The van der Waals surface area contributed by atoms with Gasteiger partial charge in [-0.25, -0.2) is 0 Å². The van der Waals surface area contributed by atoms with Gasteiger partial charge in [0.2, 0.25) is 0 Å². The number of nitrogens with two attached hydrogens (primary N) is 1. The largest absolute Gasteiger partial charge is 0.496 e. The maximum absolute atomic E-state index is 5.56. The molecule has 80 valence electrons.